The van der Waals surface area contributed by atoms with Crippen LogP contribution in [-0.2, 0) is 17.6 Å². The normalized spacial score (nSPS) is 26.1. The number of nitrogens with zero attached hydrogens (tertiary/aromatic N) is 1. The molecule has 0 aromatic carbocycles. The lowest BCUT2D eigenvalue weighted by Crippen LogP contribution is -2.46. The van der Waals surface area contributed by atoms with E-state index in [1.807, 2.05) is 6.20 Å². The van der Waals surface area contributed by atoms with E-state index in [-0.39, 0.29) is 11.6 Å². The molecular formula is C14H22N2O. The first kappa shape index (κ1) is 12.5. The van der Waals surface area contributed by atoms with Gasteiger partial charge in [-0.3, -0.25) is 4.98 Å². The maximum atomic E-state index is 6.25. The summed E-state index contributed by atoms with van der Waals surface area (Å²) in [5.74, 6) is 0. The van der Waals surface area contributed by atoms with E-state index >= 15 is 0 Å². The zero-order valence-electron chi connectivity index (χ0n) is 10.8. The first-order valence-corrected chi connectivity index (χ1v) is 6.47. The number of ether oxygens (including phenoxy) is 1. The van der Waals surface area contributed by atoms with Crippen molar-refractivity contribution in [2.45, 2.75) is 51.2 Å². The van der Waals surface area contributed by atoms with Crippen molar-refractivity contribution in [1.82, 2.24) is 4.98 Å². The zero-order chi connectivity index (χ0) is 12.3. The lowest BCUT2D eigenvalue weighted by molar-refractivity contribution is -0.00112. The van der Waals surface area contributed by atoms with E-state index in [1.165, 1.54) is 5.56 Å². The van der Waals surface area contributed by atoms with Crippen LogP contribution in [0.3, 0.4) is 0 Å². The minimum Gasteiger partial charge on any atom is -0.374 e. The fourth-order valence-electron chi connectivity index (χ4n) is 2.32. The first-order chi connectivity index (χ1) is 8.14. The van der Waals surface area contributed by atoms with Crippen molar-refractivity contribution >= 4 is 0 Å². The molecule has 2 rings (SSSR count). The molecule has 2 heterocycles. The summed E-state index contributed by atoms with van der Waals surface area (Å²) in [4.78, 5) is 4.46. The predicted octanol–water partition coefficient (Wildman–Crippen LogP) is 2.08. The molecule has 0 radical (unpaired) electrons. The van der Waals surface area contributed by atoms with Gasteiger partial charge in [-0.1, -0.05) is 13.0 Å². The smallest absolute Gasteiger partial charge is 0.0809 e. The fourth-order valence-corrected chi connectivity index (χ4v) is 2.32. The second-order valence-corrected chi connectivity index (χ2v) is 5.09. The Morgan fingerprint density at radius 3 is 2.88 bits per heavy atom. The highest BCUT2D eigenvalue weighted by molar-refractivity contribution is 5.15. The fraction of sp³-hybridized carbons (Fsp3) is 0.643. The number of hydrogen-bond acceptors (Lipinski definition) is 3. The molecule has 2 N–H and O–H groups in total. The Morgan fingerprint density at radius 1 is 1.53 bits per heavy atom. The predicted molar refractivity (Wildman–Crippen MR) is 68.9 cm³/mol. The van der Waals surface area contributed by atoms with Gasteiger partial charge in [0.15, 0.2) is 0 Å². The van der Waals surface area contributed by atoms with Crippen LogP contribution in [0.25, 0.3) is 0 Å². The molecule has 2 atom stereocenters. The molecule has 0 aliphatic carbocycles. The summed E-state index contributed by atoms with van der Waals surface area (Å²) in [5.41, 5.74) is 8.42. The molecule has 1 aromatic heterocycles. The summed E-state index contributed by atoms with van der Waals surface area (Å²) >= 11 is 0. The summed E-state index contributed by atoms with van der Waals surface area (Å²) < 4.78 is 5.77. The van der Waals surface area contributed by atoms with Crippen molar-refractivity contribution in [3.8, 4) is 0 Å². The molecule has 1 aliphatic heterocycles. The SMILES string of the molecule is CCc1ccc(CC(N)C2(C)CCCO2)nc1. The Labute approximate surface area is 103 Å². The third kappa shape index (κ3) is 2.85. The van der Waals surface area contributed by atoms with Gasteiger partial charge in [0.05, 0.1) is 5.60 Å². The van der Waals surface area contributed by atoms with Crippen molar-refractivity contribution in [3.05, 3.63) is 29.6 Å². The van der Waals surface area contributed by atoms with Crippen LogP contribution in [0.1, 0.15) is 37.9 Å². The molecule has 3 heteroatoms. The van der Waals surface area contributed by atoms with Crippen LogP contribution < -0.4 is 5.73 Å². The molecule has 17 heavy (non-hydrogen) atoms. The molecule has 1 aliphatic rings. The van der Waals surface area contributed by atoms with E-state index in [9.17, 15) is 0 Å². The molecule has 94 valence electrons. The summed E-state index contributed by atoms with van der Waals surface area (Å²) in [7, 11) is 0. The topological polar surface area (TPSA) is 48.1 Å². The van der Waals surface area contributed by atoms with Crippen LogP contribution in [-0.4, -0.2) is 23.2 Å². The second kappa shape index (κ2) is 5.15. The van der Waals surface area contributed by atoms with E-state index < -0.39 is 0 Å². The average Bonchev–Trinajstić information content (AvgIpc) is 2.78. The molecule has 1 saturated heterocycles. The van der Waals surface area contributed by atoms with Crippen LogP contribution in [0.5, 0.6) is 0 Å². The maximum Gasteiger partial charge on any atom is 0.0809 e. The Morgan fingerprint density at radius 2 is 2.35 bits per heavy atom. The van der Waals surface area contributed by atoms with Crippen LogP contribution in [0, 0.1) is 0 Å². The van der Waals surface area contributed by atoms with Crippen molar-refractivity contribution in [3.63, 3.8) is 0 Å². The summed E-state index contributed by atoms with van der Waals surface area (Å²) in [6.45, 7) is 5.09. The van der Waals surface area contributed by atoms with Crippen molar-refractivity contribution in [1.29, 1.82) is 0 Å². The summed E-state index contributed by atoms with van der Waals surface area (Å²) in [6.07, 6.45) is 5.94. The lowest BCUT2D eigenvalue weighted by Gasteiger charge is -2.30. The monoisotopic (exact) mass is 234 g/mol. The second-order valence-electron chi connectivity index (χ2n) is 5.09. The minimum atomic E-state index is -0.162. The maximum absolute atomic E-state index is 6.25. The van der Waals surface area contributed by atoms with Crippen molar-refractivity contribution < 1.29 is 4.74 Å². The largest absolute Gasteiger partial charge is 0.374 e. The quantitative estimate of drug-likeness (QED) is 0.867. The highest BCUT2D eigenvalue weighted by Gasteiger charge is 2.36. The van der Waals surface area contributed by atoms with Gasteiger partial charge in [0.25, 0.3) is 0 Å². The number of rotatable bonds is 4. The van der Waals surface area contributed by atoms with Gasteiger partial charge in [0, 0.05) is 31.0 Å². The van der Waals surface area contributed by atoms with Gasteiger partial charge in [0.2, 0.25) is 0 Å². The molecule has 3 nitrogen and oxygen atoms in total. The Bertz CT molecular complexity index is 355. The molecule has 1 aromatic rings. The summed E-state index contributed by atoms with van der Waals surface area (Å²) in [5, 5.41) is 0. The Kier molecular flexibility index (Phi) is 3.79. The molecule has 0 saturated carbocycles. The summed E-state index contributed by atoms with van der Waals surface area (Å²) in [6, 6.07) is 4.24. The van der Waals surface area contributed by atoms with Crippen molar-refractivity contribution in [2.24, 2.45) is 5.73 Å². The molecule has 0 amide bonds. The molecule has 0 bridgehead atoms. The van der Waals surface area contributed by atoms with Gasteiger partial charge >= 0.3 is 0 Å². The van der Waals surface area contributed by atoms with E-state index in [0.29, 0.717) is 0 Å². The zero-order valence-corrected chi connectivity index (χ0v) is 10.8. The number of hydrogen-bond donors (Lipinski definition) is 1. The third-order valence-electron chi connectivity index (χ3n) is 3.76. The van der Waals surface area contributed by atoms with Gasteiger partial charge < -0.3 is 10.5 Å². The van der Waals surface area contributed by atoms with E-state index in [0.717, 1.165) is 38.0 Å². The van der Waals surface area contributed by atoms with Gasteiger partial charge in [-0.05, 0) is 37.8 Å². The van der Waals surface area contributed by atoms with E-state index in [2.05, 4.69) is 31.0 Å². The number of aromatic nitrogens is 1. The van der Waals surface area contributed by atoms with Gasteiger partial charge in [0.1, 0.15) is 0 Å². The molecule has 0 spiro atoms. The molecule has 1 fully saturated rings. The third-order valence-corrected chi connectivity index (χ3v) is 3.76. The van der Waals surface area contributed by atoms with Crippen LogP contribution in [0.4, 0.5) is 0 Å². The van der Waals surface area contributed by atoms with E-state index in [1.54, 1.807) is 0 Å². The number of aryl methyl sites for hydroxylation is 1. The Hall–Kier alpha value is -0.930. The van der Waals surface area contributed by atoms with Crippen molar-refractivity contribution in [2.75, 3.05) is 6.61 Å². The number of pyridine rings is 1. The minimum absolute atomic E-state index is 0.0324. The lowest BCUT2D eigenvalue weighted by atomic mass is 9.90. The van der Waals surface area contributed by atoms with Gasteiger partial charge in [-0.15, -0.1) is 0 Å². The van der Waals surface area contributed by atoms with Crippen LogP contribution >= 0.6 is 0 Å². The average molecular weight is 234 g/mol. The van der Waals surface area contributed by atoms with E-state index in [4.69, 9.17) is 10.5 Å². The first-order valence-electron chi connectivity index (χ1n) is 6.47. The molecule has 2 unspecified atom stereocenters. The highest BCUT2D eigenvalue weighted by atomic mass is 16.5. The van der Waals surface area contributed by atoms with Gasteiger partial charge in [-0.25, -0.2) is 0 Å². The highest BCUT2D eigenvalue weighted by Crippen LogP contribution is 2.28. The van der Waals surface area contributed by atoms with Gasteiger partial charge in [-0.2, -0.15) is 0 Å². The van der Waals surface area contributed by atoms with Crippen LogP contribution in [0.15, 0.2) is 18.3 Å². The molecular weight excluding hydrogens is 212 g/mol. The standard InChI is InChI=1S/C14H22N2O/c1-3-11-5-6-12(16-10-11)9-13(15)14(2)7-4-8-17-14/h5-6,10,13H,3-4,7-9,15H2,1-2H3. The van der Waals surface area contributed by atoms with Crippen LogP contribution in [0.2, 0.25) is 0 Å². The Balaban J connectivity index is 1.99. The number of nitrogens with two attached hydrogens (primary N) is 1.